The van der Waals surface area contributed by atoms with Crippen molar-refractivity contribution in [2.24, 2.45) is 0 Å². The van der Waals surface area contributed by atoms with Crippen LogP contribution in [0, 0.1) is 6.92 Å². The van der Waals surface area contributed by atoms with Crippen molar-refractivity contribution in [2.45, 2.75) is 44.9 Å². The van der Waals surface area contributed by atoms with E-state index in [-0.39, 0.29) is 24.2 Å². The first-order valence-electron chi connectivity index (χ1n) is 8.77. The third-order valence-corrected chi connectivity index (χ3v) is 4.59. The molecule has 2 amide bonds. The number of nitrogens with one attached hydrogen (secondary N) is 2. The molecule has 1 fully saturated rings. The van der Waals surface area contributed by atoms with Crippen LogP contribution in [0.1, 0.15) is 48.6 Å². The van der Waals surface area contributed by atoms with E-state index in [0.717, 1.165) is 24.0 Å². The van der Waals surface area contributed by atoms with E-state index in [9.17, 15) is 4.79 Å². The molecule has 3 atom stereocenters. The standard InChI is InChI=1S/C20H25N3O2/c1-14-4-3-5-17(12-14)15(2)22-20(24)23-18-8-11-25-19(13-18)16-6-9-21-10-7-16/h3-7,9-10,12,15,18-19H,8,11,13H2,1-2H3,(H2,22,23,24)/t15-,18-,19+/m1/s1. The molecule has 0 aliphatic carbocycles. The number of nitrogens with zero attached hydrogens (tertiary/aromatic N) is 1. The summed E-state index contributed by atoms with van der Waals surface area (Å²) < 4.78 is 5.84. The van der Waals surface area contributed by atoms with Gasteiger partial charge in [0.15, 0.2) is 0 Å². The first-order valence-corrected chi connectivity index (χ1v) is 8.77. The molecule has 0 radical (unpaired) electrons. The van der Waals surface area contributed by atoms with Crippen LogP contribution in [0.4, 0.5) is 4.79 Å². The minimum atomic E-state index is -0.130. The van der Waals surface area contributed by atoms with E-state index in [1.165, 1.54) is 5.56 Å². The van der Waals surface area contributed by atoms with Crippen LogP contribution in [0.3, 0.4) is 0 Å². The highest BCUT2D eigenvalue weighted by Gasteiger charge is 2.25. The maximum absolute atomic E-state index is 12.4. The Morgan fingerprint density at radius 1 is 1.28 bits per heavy atom. The number of carbonyl (C=O) groups is 1. The van der Waals surface area contributed by atoms with Gasteiger partial charge in [-0.2, -0.15) is 0 Å². The molecule has 5 nitrogen and oxygen atoms in total. The zero-order valence-corrected chi connectivity index (χ0v) is 14.7. The number of hydrogen-bond donors (Lipinski definition) is 2. The second-order valence-electron chi connectivity index (χ2n) is 6.61. The molecule has 0 saturated carbocycles. The van der Waals surface area contributed by atoms with Crippen molar-refractivity contribution in [3.8, 4) is 0 Å². The van der Waals surface area contributed by atoms with Crippen molar-refractivity contribution in [3.63, 3.8) is 0 Å². The molecule has 5 heteroatoms. The summed E-state index contributed by atoms with van der Waals surface area (Å²) in [5.74, 6) is 0. The Balaban J connectivity index is 1.54. The molecule has 1 aromatic heterocycles. The smallest absolute Gasteiger partial charge is 0.315 e. The topological polar surface area (TPSA) is 63.2 Å². The SMILES string of the molecule is Cc1cccc([C@@H](C)NC(=O)N[C@@H]2CCO[C@H](c3ccncc3)C2)c1. The lowest BCUT2D eigenvalue weighted by atomic mass is 9.98. The predicted molar refractivity (Wildman–Crippen MR) is 97.2 cm³/mol. The quantitative estimate of drug-likeness (QED) is 0.893. The largest absolute Gasteiger partial charge is 0.373 e. The van der Waals surface area contributed by atoms with Crippen molar-refractivity contribution in [3.05, 3.63) is 65.5 Å². The highest BCUT2D eigenvalue weighted by Crippen LogP contribution is 2.27. The zero-order valence-electron chi connectivity index (χ0n) is 14.7. The number of hydrogen-bond acceptors (Lipinski definition) is 3. The molecule has 2 aromatic rings. The summed E-state index contributed by atoms with van der Waals surface area (Å²) in [6.07, 6.45) is 5.15. The number of aryl methyl sites for hydroxylation is 1. The Kier molecular flexibility index (Phi) is 5.66. The van der Waals surface area contributed by atoms with Crippen molar-refractivity contribution in [1.82, 2.24) is 15.6 Å². The van der Waals surface area contributed by atoms with Gasteiger partial charge in [-0.05, 0) is 49.9 Å². The second kappa shape index (κ2) is 8.12. The summed E-state index contributed by atoms with van der Waals surface area (Å²) in [6.45, 7) is 4.70. The summed E-state index contributed by atoms with van der Waals surface area (Å²) in [6, 6.07) is 12.1. The lowest BCUT2D eigenvalue weighted by Gasteiger charge is -2.30. The van der Waals surface area contributed by atoms with Gasteiger partial charge in [-0.25, -0.2) is 4.79 Å². The second-order valence-corrected chi connectivity index (χ2v) is 6.61. The molecule has 1 saturated heterocycles. The Hall–Kier alpha value is -2.40. The first-order chi connectivity index (χ1) is 12.1. The molecule has 0 spiro atoms. The van der Waals surface area contributed by atoms with Crippen LogP contribution in [0.5, 0.6) is 0 Å². The van der Waals surface area contributed by atoms with Crippen LogP contribution in [0.15, 0.2) is 48.8 Å². The number of urea groups is 1. The van der Waals surface area contributed by atoms with Crippen LogP contribution >= 0.6 is 0 Å². The molecule has 0 bridgehead atoms. The van der Waals surface area contributed by atoms with E-state index in [1.807, 2.05) is 31.2 Å². The first kappa shape index (κ1) is 17.4. The van der Waals surface area contributed by atoms with Crippen LogP contribution < -0.4 is 10.6 Å². The van der Waals surface area contributed by atoms with Crippen LogP contribution in [0.2, 0.25) is 0 Å². The normalized spacial score (nSPS) is 21.4. The number of pyridine rings is 1. The van der Waals surface area contributed by atoms with Crippen molar-refractivity contribution < 1.29 is 9.53 Å². The Morgan fingerprint density at radius 2 is 2.08 bits per heavy atom. The average Bonchev–Trinajstić information content (AvgIpc) is 2.62. The number of benzene rings is 1. The van der Waals surface area contributed by atoms with Gasteiger partial charge < -0.3 is 15.4 Å². The summed E-state index contributed by atoms with van der Waals surface area (Å²) >= 11 is 0. The highest BCUT2D eigenvalue weighted by atomic mass is 16.5. The Morgan fingerprint density at radius 3 is 2.84 bits per heavy atom. The van der Waals surface area contributed by atoms with Crippen LogP contribution in [-0.2, 0) is 4.74 Å². The summed E-state index contributed by atoms with van der Waals surface area (Å²) in [7, 11) is 0. The molecule has 1 aliphatic rings. The van der Waals surface area contributed by atoms with Gasteiger partial charge in [0, 0.05) is 25.0 Å². The summed E-state index contributed by atoms with van der Waals surface area (Å²) in [5.41, 5.74) is 3.41. The van der Waals surface area contributed by atoms with Gasteiger partial charge in [-0.1, -0.05) is 29.8 Å². The van der Waals surface area contributed by atoms with E-state index < -0.39 is 0 Å². The minimum absolute atomic E-state index is 0.0104. The molecular weight excluding hydrogens is 314 g/mol. The fraction of sp³-hybridized carbons (Fsp3) is 0.400. The monoisotopic (exact) mass is 339 g/mol. The highest BCUT2D eigenvalue weighted by molar-refractivity contribution is 5.74. The summed E-state index contributed by atoms with van der Waals surface area (Å²) in [5, 5.41) is 6.11. The van der Waals surface area contributed by atoms with Gasteiger partial charge in [0.1, 0.15) is 0 Å². The Labute approximate surface area is 148 Å². The minimum Gasteiger partial charge on any atom is -0.373 e. The van der Waals surface area contributed by atoms with Crippen LogP contribution in [0.25, 0.3) is 0 Å². The summed E-state index contributed by atoms with van der Waals surface area (Å²) in [4.78, 5) is 16.4. The van der Waals surface area contributed by atoms with Crippen molar-refractivity contribution in [2.75, 3.05) is 6.61 Å². The van der Waals surface area contributed by atoms with E-state index in [1.54, 1.807) is 12.4 Å². The number of ether oxygens (including phenoxy) is 1. The molecule has 25 heavy (non-hydrogen) atoms. The molecular formula is C20H25N3O2. The van der Waals surface area contributed by atoms with Gasteiger partial charge in [0.05, 0.1) is 12.1 Å². The van der Waals surface area contributed by atoms with Crippen molar-refractivity contribution in [1.29, 1.82) is 0 Å². The van der Waals surface area contributed by atoms with Gasteiger partial charge in [0.25, 0.3) is 0 Å². The van der Waals surface area contributed by atoms with Crippen molar-refractivity contribution >= 4 is 6.03 Å². The molecule has 132 valence electrons. The zero-order chi connectivity index (χ0) is 17.6. The van der Waals surface area contributed by atoms with E-state index in [2.05, 4.69) is 34.7 Å². The van der Waals surface area contributed by atoms with Crippen LogP contribution in [-0.4, -0.2) is 23.7 Å². The predicted octanol–water partition coefficient (Wildman–Crippen LogP) is 3.67. The van der Waals surface area contributed by atoms with E-state index >= 15 is 0 Å². The number of amides is 2. The van der Waals surface area contributed by atoms with Gasteiger partial charge >= 0.3 is 6.03 Å². The van der Waals surface area contributed by atoms with Gasteiger partial charge in [-0.3, -0.25) is 4.98 Å². The van der Waals surface area contributed by atoms with E-state index in [0.29, 0.717) is 6.61 Å². The molecule has 0 unspecified atom stereocenters. The maximum Gasteiger partial charge on any atom is 0.315 e. The third-order valence-electron chi connectivity index (χ3n) is 4.59. The Bertz CT molecular complexity index is 705. The lowest BCUT2D eigenvalue weighted by Crippen LogP contribution is -2.45. The fourth-order valence-corrected chi connectivity index (χ4v) is 3.18. The number of carbonyl (C=O) groups excluding carboxylic acids is 1. The fourth-order valence-electron chi connectivity index (χ4n) is 3.18. The number of aromatic nitrogens is 1. The van der Waals surface area contributed by atoms with Gasteiger partial charge in [-0.15, -0.1) is 0 Å². The molecule has 1 aliphatic heterocycles. The molecule has 1 aromatic carbocycles. The maximum atomic E-state index is 12.4. The molecule has 2 heterocycles. The third kappa shape index (κ3) is 4.79. The van der Waals surface area contributed by atoms with E-state index in [4.69, 9.17) is 4.74 Å². The molecule has 2 N–H and O–H groups in total. The van der Waals surface area contributed by atoms with Gasteiger partial charge in [0.2, 0.25) is 0 Å². The average molecular weight is 339 g/mol. The number of rotatable bonds is 4. The lowest BCUT2D eigenvalue weighted by molar-refractivity contribution is 0.00217. The molecule has 3 rings (SSSR count).